The average molecular weight is 363 g/mol. The number of hydrogen-bond acceptors (Lipinski definition) is 5. The molecule has 0 heterocycles. The molecule has 1 rings (SSSR count). The molecular formula is C17H34O4SSi. The zero-order valence-electron chi connectivity index (χ0n) is 15.3. The van der Waals surface area contributed by atoms with Gasteiger partial charge < -0.3 is 13.3 Å². The number of ketones is 1. The monoisotopic (exact) mass is 362 g/mol. The molecule has 0 amide bonds. The van der Waals surface area contributed by atoms with E-state index >= 15 is 0 Å². The van der Waals surface area contributed by atoms with Crippen molar-refractivity contribution in [3.63, 3.8) is 0 Å². The van der Waals surface area contributed by atoms with E-state index in [0.29, 0.717) is 30.9 Å². The highest BCUT2D eigenvalue weighted by atomic mass is 32.2. The Morgan fingerprint density at radius 1 is 1.04 bits per heavy atom. The van der Waals surface area contributed by atoms with Gasteiger partial charge in [-0.3, -0.25) is 4.79 Å². The van der Waals surface area contributed by atoms with Gasteiger partial charge in [-0.1, -0.05) is 12.8 Å². The van der Waals surface area contributed by atoms with Crippen molar-refractivity contribution in [1.82, 2.24) is 0 Å². The molecule has 136 valence electrons. The lowest BCUT2D eigenvalue weighted by Gasteiger charge is -2.30. The summed E-state index contributed by atoms with van der Waals surface area (Å²) in [6, 6.07) is 0.868. The van der Waals surface area contributed by atoms with E-state index in [-0.39, 0.29) is 5.92 Å². The summed E-state index contributed by atoms with van der Waals surface area (Å²) in [5.41, 5.74) is 0. The van der Waals surface area contributed by atoms with E-state index in [9.17, 15) is 4.79 Å². The second-order valence-corrected chi connectivity index (χ2v) is 10.1. The van der Waals surface area contributed by atoms with Crippen LogP contribution in [0.25, 0.3) is 0 Å². The summed E-state index contributed by atoms with van der Waals surface area (Å²) in [6.07, 6.45) is 5.74. The van der Waals surface area contributed by atoms with Gasteiger partial charge in [-0.15, -0.1) is 0 Å². The highest BCUT2D eigenvalue weighted by molar-refractivity contribution is 7.99. The molecule has 2 unspecified atom stereocenters. The lowest BCUT2D eigenvalue weighted by atomic mass is 9.86. The van der Waals surface area contributed by atoms with Gasteiger partial charge in [0, 0.05) is 37.0 Å². The number of carbonyl (C=O) groups is 1. The molecule has 1 saturated carbocycles. The van der Waals surface area contributed by atoms with E-state index in [2.05, 4.69) is 0 Å². The van der Waals surface area contributed by atoms with Crippen LogP contribution in [0.2, 0.25) is 6.04 Å². The fraction of sp³-hybridized carbons (Fsp3) is 0.941. The Morgan fingerprint density at radius 2 is 1.61 bits per heavy atom. The van der Waals surface area contributed by atoms with Gasteiger partial charge in [0.2, 0.25) is 0 Å². The molecule has 0 aromatic carbocycles. The lowest BCUT2D eigenvalue weighted by molar-refractivity contribution is -0.121. The van der Waals surface area contributed by atoms with Crippen molar-refractivity contribution in [2.75, 3.05) is 25.6 Å². The summed E-state index contributed by atoms with van der Waals surface area (Å²) in [4.78, 5) is 11.8. The van der Waals surface area contributed by atoms with Crippen molar-refractivity contribution in [2.24, 2.45) is 5.92 Å². The third-order valence-electron chi connectivity index (χ3n) is 4.28. The first-order valence-electron chi connectivity index (χ1n) is 9.12. The Balaban J connectivity index is 2.44. The summed E-state index contributed by atoms with van der Waals surface area (Å²) < 4.78 is 17.7. The summed E-state index contributed by atoms with van der Waals surface area (Å²) in [7, 11) is -2.50. The van der Waals surface area contributed by atoms with E-state index in [1.54, 1.807) is 6.92 Å². The van der Waals surface area contributed by atoms with Crippen LogP contribution in [0.5, 0.6) is 0 Å². The maximum atomic E-state index is 11.8. The van der Waals surface area contributed by atoms with Crippen LogP contribution < -0.4 is 0 Å². The number of rotatable bonds is 12. The minimum atomic E-state index is -2.50. The molecule has 0 aliphatic heterocycles. The van der Waals surface area contributed by atoms with E-state index in [1.165, 1.54) is 19.3 Å². The summed E-state index contributed by atoms with van der Waals surface area (Å²) in [5.74, 6) is 1.68. The van der Waals surface area contributed by atoms with E-state index in [1.807, 2.05) is 32.5 Å². The maximum Gasteiger partial charge on any atom is 0.500 e. The molecule has 0 aromatic rings. The van der Waals surface area contributed by atoms with Crippen LogP contribution in [0.3, 0.4) is 0 Å². The van der Waals surface area contributed by atoms with Gasteiger partial charge >= 0.3 is 8.80 Å². The molecule has 6 heteroatoms. The number of Topliss-reactive ketones (excluding diaryl/α,β-unsaturated/α-hetero) is 1. The molecule has 23 heavy (non-hydrogen) atoms. The zero-order chi connectivity index (χ0) is 17.1. The van der Waals surface area contributed by atoms with Gasteiger partial charge in [-0.25, -0.2) is 0 Å². The number of carbonyl (C=O) groups excluding carboxylic acids is 1. The Bertz CT molecular complexity index is 324. The molecule has 0 saturated heterocycles. The fourth-order valence-corrected chi connectivity index (χ4v) is 7.66. The molecule has 1 fully saturated rings. The smallest absolute Gasteiger partial charge is 0.374 e. The van der Waals surface area contributed by atoms with E-state index < -0.39 is 8.80 Å². The second-order valence-electron chi connectivity index (χ2n) is 6.00. The largest absolute Gasteiger partial charge is 0.500 e. The zero-order valence-corrected chi connectivity index (χ0v) is 17.1. The summed E-state index contributed by atoms with van der Waals surface area (Å²) in [6.45, 7) is 9.63. The molecule has 2 atom stereocenters. The molecule has 1 aliphatic carbocycles. The van der Waals surface area contributed by atoms with Crippen molar-refractivity contribution in [2.45, 2.75) is 71.1 Å². The molecule has 0 radical (unpaired) electrons. The maximum absolute atomic E-state index is 11.8. The summed E-state index contributed by atoms with van der Waals surface area (Å²) >= 11 is 1.96. The van der Waals surface area contributed by atoms with Gasteiger partial charge in [0.05, 0.1) is 0 Å². The van der Waals surface area contributed by atoms with Gasteiger partial charge in [0.1, 0.15) is 5.78 Å². The Hall–Kier alpha value is 0.117. The minimum absolute atomic E-state index is 0.265. The van der Waals surface area contributed by atoms with Gasteiger partial charge in [-0.2, -0.15) is 11.8 Å². The second kappa shape index (κ2) is 11.6. The molecule has 0 bridgehead atoms. The van der Waals surface area contributed by atoms with Crippen LogP contribution >= 0.6 is 11.8 Å². The first-order valence-corrected chi connectivity index (χ1v) is 12.1. The molecule has 1 aliphatic rings. The van der Waals surface area contributed by atoms with Crippen LogP contribution in [-0.4, -0.2) is 45.4 Å². The van der Waals surface area contributed by atoms with Crippen molar-refractivity contribution in [1.29, 1.82) is 0 Å². The summed E-state index contributed by atoms with van der Waals surface area (Å²) in [5, 5.41) is 0.503. The van der Waals surface area contributed by atoms with Crippen molar-refractivity contribution < 1.29 is 18.1 Å². The average Bonchev–Trinajstić information content (AvgIpc) is 2.52. The van der Waals surface area contributed by atoms with Gasteiger partial charge in [0.25, 0.3) is 0 Å². The molecule has 0 N–H and O–H groups in total. The van der Waals surface area contributed by atoms with Gasteiger partial charge in [-0.05, 0) is 52.7 Å². The first kappa shape index (κ1) is 21.2. The third kappa shape index (κ3) is 7.26. The van der Waals surface area contributed by atoms with Crippen LogP contribution in [0.4, 0.5) is 0 Å². The Labute approximate surface area is 147 Å². The van der Waals surface area contributed by atoms with E-state index in [4.69, 9.17) is 13.3 Å². The fourth-order valence-electron chi connectivity index (χ4n) is 3.29. The molecule has 0 spiro atoms. The van der Waals surface area contributed by atoms with Crippen molar-refractivity contribution in [3.8, 4) is 0 Å². The SMILES string of the molecule is CCO[Si](CCCSC1CCCCC1C(C)=O)(OCC)OCC. The minimum Gasteiger partial charge on any atom is -0.374 e. The standard InChI is InChI=1S/C17H34O4SSi/c1-5-19-23(20-6-2,21-7-3)14-10-13-22-17-12-9-8-11-16(17)15(4)18/h16-17H,5-14H2,1-4H3. The predicted octanol–water partition coefficient (Wildman–Crippen LogP) is 4.31. The van der Waals surface area contributed by atoms with Crippen LogP contribution in [0.1, 0.15) is 59.8 Å². The number of thioether (sulfide) groups is 1. The highest BCUT2D eigenvalue weighted by Gasteiger charge is 2.39. The first-order chi connectivity index (χ1) is 11.1. The molecule has 0 aromatic heterocycles. The molecule has 4 nitrogen and oxygen atoms in total. The highest BCUT2D eigenvalue weighted by Crippen LogP contribution is 2.35. The van der Waals surface area contributed by atoms with Crippen LogP contribution in [-0.2, 0) is 18.1 Å². The van der Waals surface area contributed by atoms with Crippen molar-refractivity contribution >= 4 is 26.3 Å². The van der Waals surface area contributed by atoms with Crippen LogP contribution in [0.15, 0.2) is 0 Å². The Morgan fingerprint density at radius 3 is 2.13 bits per heavy atom. The van der Waals surface area contributed by atoms with Crippen LogP contribution in [0, 0.1) is 5.92 Å². The Kier molecular flexibility index (Phi) is 10.7. The van der Waals surface area contributed by atoms with Crippen molar-refractivity contribution in [3.05, 3.63) is 0 Å². The third-order valence-corrected chi connectivity index (χ3v) is 8.94. The topological polar surface area (TPSA) is 44.8 Å². The normalized spacial score (nSPS) is 22.3. The lowest BCUT2D eigenvalue weighted by Crippen LogP contribution is -2.46. The predicted molar refractivity (Wildman–Crippen MR) is 98.9 cm³/mol. The quantitative estimate of drug-likeness (QED) is 0.382. The molecular weight excluding hydrogens is 328 g/mol. The van der Waals surface area contributed by atoms with E-state index in [0.717, 1.165) is 24.6 Å². The van der Waals surface area contributed by atoms with Gasteiger partial charge in [0.15, 0.2) is 0 Å². The number of hydrogen-bond donors (Lipinski definition) is 0.